The number of esters is 1. The second kappa shape index (κ2) is 6.64. The Morgan fingerprint density at radius 1 is 1.20 bits per heavy atom. The van der Waals surface area contributed by atoms with Crippen molar-refractivity contribution in [3.8, 4) is 0 Å². The van der Waals surface area contributed by atoms with Crippen molar-refractivity contribution in [3.63, 3.8) is 0 Å². The number of hydrogen-bond donors (Lipinski definition) is 1. The van der Waals surface area contributed by atoms with Gasteiger partial charge in [0, 0.05) is 10.6 Å². The van der Waals surface area contributed by atoms with Crippen LogP contribution in [0, 0.1) is 0 Å². The number of hydrogen-bond acceptors (Lipinski definition) is 4. The van der Waals surface area contributed by atoms with Gasteiger partial charge in [-0.15, -0.1) is 11.8 Å². The van der Waals surface area contributed by atoms with E-state index in [-0.39, 0.29) is 11.4 Å². The van der Waals surface area contributed by atoms with Crippen LogP contribution in [-0.2, 0) is 14.9 Å². The van der Waals surface area contributed by atoms with Crippen LogP contribution >= 0.6 is 11.8 Å². The van der Waals surface area contributed by atoms with Crippen LogP contribution < -0.4 is 5.73 Å². The Bertz CT molecular complexity index is 447. The molecule has 20 heavy (non-hydrogen) atoms. The summed E-state index contributed by atoms with van der Waals surface area (Å²) in [6.45, 7) is 10.4. The van der Waals surface area contributed by atoms with Crippen LogP contribution in [0.15, 0.2) is 29.2 Å². The zero-order valence-corrected chi connectivity index (χ0v) is 13.8. The summed E-state index contributed by atoms with van der Waals surface area (Å²) in [5.74, 6) is 0.152. The minimum atomic E-state index is -0.955. The Morgan fingerprint density at radius 3 is 2.20 bits per heavy atom. The number of thioether (sulfide) groups is 1. The second-order valence-corrected chi connectivity index (χ2v) is 7.25. The van der Waals surface area contributed by atoms with E-state index >= 15 is 0 Å². The first-order valence-electron chi connectivity index (χ1n) is 6.86. The average molecular weight is 295 g/mol. The van der Waals surface area contributed by atoms with Crippen molar-refractivity contribution in [1.82, 2.24) is 0 Å². The highest BCUT2D eigenvalue weighted by Crippen LogP contribution is 2.27. The molecule has 1 unspecified atom stereocenters. The lowest BCUT2D eigenvalue weighted by molar-refractivity contribution is -0.148. The van der Waals surface area contributed by atoms with Crippen LogP contribution in [-0.4, -0.2) is 23.9 Å². The summed E-state index contributed by atoms with van der Waals surface area (Å²) in [4.78, 5) is 12.8. The average Bonchev–Trinajstić information content (AvgIpc) is 2.36. The number of carbonyl (C=O) groups excluding carboxylic acids is 1. The van der Waals surface area contributed by atoms with Gasteiger partial charge in [-0.1, -0.05) is 32.9 Å². The first kappa shape index (κ1) is 17.1. The smallest absolute Gasteiger partial charge is 0.326 e. The molecule has 0 aliphatic heterocycles. The van der Waals surface area contributed by atoms with E-state index in [0.717, 1.165) is 4.90 Å². The monoisotopic (exact) mass is 295 g/mol. The van der Waals surface area contributed by atoms with Gasteiger partial charge in [0.25, 0.3) is 0 Å². The van der Waals surface area contributed by atoms with Crippen LogP contribution in [0.5, 0.6) is 0 Å². The third-order valence-corrected chi connectivity index (χ3v) is 4.35. The van der Waals surface area contributed by atoms with Crippen molar-refractivity contribution in [3.05, 3.63) is 29.8 Å². The number of benzene rings is 1. The molecule has 0 fully saturated rings. The Morgan fingerprint density at radius 2 is 1.75 bits per heavy atom. The van der Waals surface area contributed by atoms with E-state index in [9.17, 15) is 4.79 Å². The molecule has 0 amide bonds. The lowest BCUT2D eigenvalue weighted by Crippen LogP contribution is -2.48. The molecule has 0 bridgehead atoms. The summed E-state index contributed by atoms with van der Waals surface area (Å²) >= 11 is 1.58. The Hall–Kier alpha value is -1.00. The summed E-state index contributed by atoms with van der Waals surface area (Å²) < 4.78 is 4.98. The lowest BCUT2D eigenvalue weighted by Gasteiger charge is -2.22. The summed E-state index contributed by atoms with van der Waals surface area (Å²) in [6, 6.07) is 8.40. The molecule has 0 saturated carbocycles. The summed E-state index contributed by atoms with van der Waals surface area (Å²) in [6.07, 6.45) is 0. The highest BCUT2D eigenvalue weighted by atomic mass is 32.2. The van der Waals surface area contributed by atoms with Crippen molar-refractivity contribution in [2.24, 2.45) is 5.73 Å². The van der Waals surface area contributed by atoms with E-state index in [1.165, 1.54) is 5.56 Å². The fourth-order valence-corrected chi connectivity index (χ4v) is 2.55. The van der Waals surface area contributed by atoms with Crippen LogP contribution in [0.3, 0.4) is 0 Å². The minimum Gasteiger partial charge on any atom is -0.465 e. The molecule has 3 nitrogen and oxygen atoms in total. The Balaban J connectivity index is 2.64. The van der Waals surface area contributed by atoms with Gasteiger partial charge in [0.05, 0.1) is 6.61 Å². The van der Waals surface area contributed by atoms with E-state index in [4.69, 9.17) is 10.5 Å². The van der Waals surface area contributed by atoms with Crippen LogP contribution in [0.25, 0.3) is 0 Å². The van der Waals surface area contributed by atoms with Gasteiger partial charge < -0.3 is 10.5 Å². The second-order valence-electron chi connectivity index (χ2n) is 6.20. The van der Waals surface area contributed by atoms with Gasteiger partial charge in [-0.2, -0.15) is 0 Å². The summed E-state index contributed by atoms with van der Waals surface area (Å²) in [7, 11) is 0. The topological polar surface area (TPSA) is 52.3 Å². The number of rotatable bonds is 5. The quantitative estimate of drug-likeness (QED) is 0.668. The lowest BCUT2D eigenvalue weighted by atomic mass is 9.87. The third-order valence-electron chi connectivity index (χ3n) is 3.00. The maximum Gasteiger partial charge on any atom is 0.326 e. The maximum absolute atomic E-state index is 11.7. The van der Waals surface area contributed by atoms with E-state index < -0.39 is 5.54 Å². The molecule has 1 rings (SSSR count). The van der Waals surface area contributed by atoms with Gasteiger partial charge in [-0.3, -0.25) is 4.79 Å². The molecule has 0 radical (unpaired) electrons. The fourth-order valence-electron chi connectivity index (χ4n) is 1.64. The van der Waals surface area contributed by atoms with Crippen molar-refractivity contribution in [2.45, 2.75) is 50.5 Å². The number of ether oxygens (including phenoxy) is 1. The summed E-state index contributed by atoms with van der Waals surface area (Å²) in [5, 5.41) is 0. The molecule has 0 saturated heterocycles. The number of carbonyl (C=O) groups is 1. The van der Waals surface area contributed by atoms with E-state index in [2.05, 4.69) is 45.0 Å². The molecule has 1 atom stereocenters. The predicted octanol–water partition coefficient (Wildman–Crippen LogP) is 3.36. The standard InChI is InChI=1S/C16H25NO2S/c1-6-19-14(18)16(5,17)11-20-13-9-7-12(8-10-13)15(2,3)4/h7-10H,6,11,17H2,1-5H3. The minimum absolute atomic E-state index is 0.149. The molecule has 1 aromatic carbocycles. The Kier molecular flexibility index (Phi) is 5.66. The van der Waals surface area contributed by atoms with Crippen molar-refractivity contribution in [2.75, 3.05) is 12.4 Å². The Labute approximate surface area is 126 Å². The van der Waals surface area contributed by atoms with Crippen molar-refractivity contribution in [1.29, 1.82) is 0 Å². The van der Waals surface area contributed by atoms with E-state index in [0.29, 0.717) is 12.4 Å². The highest BCUT2D eigenvalue weighted by molar-refractivity contribution is 7.99. The van der Waals surface area contributed by atoms with Crippen molar-refractivity contribution >= 4 is 17.7 Å². The van der Waals surface area contributed by atoms with Gasteiger partial charge in [0.2, 0.25) is 0 Å². The molecule has 0 aliphatic rings. The van der Waals surface area contributed by atoms with Gasteiger partial charge in [0.15, 0.2) is 0 Å². The molecular formula is C16H25NO2S. The molecule has 0 heterocycles. The molecule has 0 aliphatic carbocycles. The molecule has 112 valence electrons. The first-order chi connectivity index (χ1) is 9.16. The molecule has 1 aromatic rings. The van der Waals surface area contributed by atoms with Crippen molar-refractivity contribution < 1.29 is 9.53 Å². The first-order valence-corrected chi connectivity index (χ1v) is 7.85. The molecular weight excluding hydrogens is 270 g/mol. The maximum atomic E-state index is 11.7. The van der Waals surface area contributed by atoms with Gasteiger partial charge in [-0.25, -0.2) is 0 Å². The van der Waals surface area contributed by atoms with Gasteiger partial charge in [0.1, 0.15) is 5.54 Å². The molecule has 0 spiro atoms. The SMILES string of the molecule is CCOC(=O)C(C)(N)CSc1ccc(C(C)(C)C)cc1. The van der Waals surface area contributed by atoms with E-state index in [1.54, 1.807) is 25.6 Å². The normalized spacial score (nSPS) is 14.7. The van der Waals surface area contributed by atoms with Crippen LogP contribution in [0.4, 0.5) is 0 Å². The van der Waals surface area contributed by atoms with Gasteiger partial charge in [-0.05, 0) is 37.0 Å². The third kappa shape index (κ3) is 4.84. The number of nitrogens with two attached hydrogens (primary N) is 1. The van der Waals surface area contributed by atoms with Gasteiger partial charge >= 0.3 is 5.97 Å². The molecule has 0 aromatic heterocycles. The predicted molar refractivity (Wildman–Crippen MR) is 85.1 cm³/mol. The largest absolute Gasteiger partial charge is 0.465 e. The highest BCUT2D eigenvalue weighted by Gasteiger charge is 2.30. The molecule has 4 heteroatoms. The van der Waals surface area contributed by atoms with E-state index in [1.807, 2.05) is 0 Å². The fraction of sp³-hybridized carbons (Fsp3) is 0.562. The molecule has 2 N–H and O–H groups in total. The zero-order valence-electron chi connectivity index (χ0n) is 13.0. The van der Waals surface area contributed by atoms with Crippen LogP contribution in [0.1, 0.15) is 40.2 Å². The summed E-state index contributed by atoms with van der Waals surface area (Å²) in [5.41, 5.74) is 6.49. The zero-order chi connectivity index (χ0) is 15.4. The van der Waals surface area contributed by atoms with Crippen LogP contribution in [0.2, 0.25) is 0 Å².